The molecule has 3 rings (SSSR count). The van der Waals surface area contributed by atoms with Crippen LogP contribution in [0.2, 0.25) is 0 Å². The lowest BCUT2D eigenvalue weighted by molar-refractivity contribution is -0.206. The number of nitrogens with zero attached hydrogens (tertiary/aromatic N) is 1. The molecule has 0 aliphatic rings. The van der Waals surface area contributed by atoms with E-state index in [4.69, 9.17) is 24.5 Å². The van der Waals surface area contributed by atoms with Crippen LogP contribution in [0.5, 0.6) is 17.2 Å². The van der Waals surface area contributed by atoms with Gasteiger partial charge in [-0.05, 0) is 35.9 Å². The second kappa shape index (κ2) is 9.62. The number of nitriles is 1. The SMILES string of the molecule is CO/C=C(\C(=O)OOc1cccc(Oc2cccc(C#N)c2)c1)c1ccccc1. The molecule has 0 saturated carbocycles. The third-order valence-electron chi connectivity index (χ3n) is 3.76. The zero-order valence-corrected chi connectivity index (χ0v) is 15.6. The van der Waals surface area contributed by atoms with Crippen LogP contribution in [0.3, 0.4) is 0 Å². The van der Waals surface area contributed by atoms with Gasteiger partial charge in [0.05, 0.1) is 25.0 Å². The molecular weight excluding hydrogens is 370 g/mol. The topological polar surface area (TPSA) is 77.8 Å². The molecule has 0 saturated heterocycles. The summed E-state index contributed by atoms with van der Waals surface area (Å²) in [4.78, 5) is 22.5. The molecule has 6 nitrogen and oxygen atoms in total. The van der Waals surface area contributed by atoms with E-state index in [1.165, 1.54) is 13.4 Å². The summed E-state index contributed by atoms with van der Waals surface area (Å²) in [6.07, 6.45) is 1.29. The van der Waals surface area contributed by atoms with Crippen molar-refractivity contribution in [3.8, 4) is 23.3 Å². The summed E-state index contributed by atoms with van der Waals surface area (Å²) >= 11 is 0. The third-order valence-corrected chi connectivity index (χ3v) is 3.76. The second-order valence-electron chi connectivity index (χ2n) is 5.80. The van der Waals surface area contributed by atoms with Crippen LogP contribution in [0.4, 0.5) is 0 Å². The van der Waals surface area contributed by atoms with Crippen LogP contribution in [0.15, 0.2) is 85.1 Å². The quantitative estimate of drug-likeness (QED) is 0.249. The van der Waals surface area contributed by atoms with Crippen molar-refractivity contribution in [2.45, 2.75) is 0 Å². The predicted octanol–water partition coefficient (Wildman–Crippen LogP) is 4.88. The van der Waals surface area contributed by atoms with Crippen molar-refractivity contribution in [1.82, 2.24) is 0 Å². The minimum Gasteiger partial charge on any atom is -0.503 e. The maximum absolute atomic E-state index is 12.4. The van der Waals surface area contributed by atoms with Gasteiger partial charge in [0.15, 0.2) is 5.75 Å². The molecule has 0 heterocycles. The van der Waals surface area contributed by atoms with Gasteiger partial charge in [-0.3, -0.25) is 4.89 Å². The minimum atomic E-state index is -0.703. The largest absolute Gasteiger partial charge is 0.503 e. The first-order chi connectivity index (χ1) is 14.2. The van der Waals surface area contributed by atoms with Gasteiger partial charge in [0.25, 0.3) is 0 Å². The average molecular weight is 387 g/mol. The first-order valence-corrected chi connectivity index (χ1v) is 8.65. The van der Waals surface area contributed by atoms with E-state index in [9.17, 15) is 4.79 Å². The molecule has 0 bridgehead atoms. The van der Waals surface area contributed by atoms with Crippen LogP contribution in [0, 0.1) is 11.3 Å². The smallest absolute Gasteiger partial charge is 0.389 e. The summed E-state index contributed by atoms with van der Waals surface area (Å²) < 4.78 is 10.7. The Balaban J connectivity index is 1.67. The molecule has 0 fully saturated rings. The minimum absolute atomic E-state index is 0.217. The number of rotatable bonds is 7. The fourth-order valence-electron chi connectivity index (χ4n) is 2.46. The van der Waals surface area contributed by atoms with Gasteiger partial charge in [-0.2, -0.15) is 5.26 Å². The lowest BCUT2D eigenvalue weighted by Gasteiger charge is -2.09. The van der Waals surface area contributed by atoms with Gasteiger partial charge in [-0.25, -0.2) is 9.68 Å². The lowest BCUT2D eigenvalue weighted by atomic mass is 10.1. The van der Waals surface area contributed by atoms with Crippen LogP contribution >= 0.6 is 0 Å². The van der Waals surface area contributed by atoms with E-state index in [2.05, 4.69) is 6.07 Å². The highest BCUT2D eigenvalue weighted by Crippen LogP contribution is 2.26. The highest BCUT2D eigenvalue weighted by atomic mass is 17.2. The molecule has 3 aromatic carbocycles. The molecule has 0 aliphatic carbocycles. The van der Waals surface area contributed by atoms with E-state index in [0.29, 0.717) is 22.6 Å². The van der Waals surface area contributed by atoms with E-state index < -0.39 is 5.97 Å². The van der Waals surface area contributed by atoms with Crippen molar-refractivity contribution >= 4 is 11.5 Å². The number of benzene rings is 3. The number of hydrogen-bond acceptors (Lipinski definition) is 6. The molecule has 3 aromatic rings. The summed E-state index contributed by atoms with van der Waals surface area (Å²) in [6, 6.07) is 24.4. The van der Waals surface area contributed by atoms with Crippen molar-refractivity contribution in [1.29, 1.82) is 5.26 Å². The Labute approximate surface area is 168 Å². The normalized spacial score (nSPS) is 10.6. The maximum atomic E-state index is 12.4. The zero-order valence-electron chi connectivity index (χ0n) is 15.6. The molecule has 0 aromatic heterocycles. The first kappa shape index (κ1) is 19.5. The molecule has 0 unspecified atom stereocenters. The van der Waals surface area contributed by atoms with Gasteiger partial charge in [-0.1, -0.05) is 42.5 Å². The molecule has 6 heteroatoms. The van der Waals surface area contributed by atoms with Crippen LogP contribution in [0.25, 0.3) is 5.57 Å². The van der Waals surface area contributed by atoms with Gasteiger partial charge >= 0.3 is 5.97 Å². The molecule has 0 spiro atoms. The van der Waals surface area contributed by atoms with Crippen molar-refractivity contribution < 1.29 is 24.0 Å². The van der Waals surface area contributed by atoms with Crippen LogP contribution in [-0.4, -0.2) is 13.1 Å². The van der Waals surface area contributed by atoms with Crippen LogP contribution in [0.1, 0.15) is 11.1 Å². The van der Waals surface area contributed by atoms with Crippen molar-refractivity contribution in [2.24, 2.45) is 0 Å². The molecule has 0 amide bonds. The van der Waals surface area contributed by atoms with Gasteiger partial charge in [0, 0.05) is 6.07 Å². The standard InChI is InChI=1S/C23H17NO5/c1-26-16-22(18-8-3-2-4-9-18)23(25)29-28-21-12-6-11-20(14-21)27-19-10-5-7-17(13-19)15-24/h2-14,16H,1H3/b22-16-. The molecule has 0 radical (unpaired) electrons. The van der Waals surface area contributed by atoms with Crippen LogP contribution in [-0.2, 0) is 14.4 Å². The first-order valence-electron chi connectivity index (χ1n) is 8.65. The Morgan fingerprint density at radius 1 is 0.897 bits per heavy atom. The van der Waals surface area contributed by atoms with Gasteiger partial charge in [0.2, 0.25) is 0 Å². The van der Waals surface area contributed by atoms with Gasteiger partial charge in [0.1, 0.15) is 17.1 Å². The number of hydrogen-bond donors (Lipinski definition) is 0. The Hall–Kier alpha value is -4.24. The van der Waals surface area contributed by atoms with Crippen molar-refractivity contribution in [3.63, 3.8) is 0 Å². The van der Waals surface area contributed by atoms with E-state index >= 15 is 0 Å². The van der Waals surface area contributed by atoms with Crippen LogP contribution < -0.4 is 9.62 Å². The molecule has 29 heavy (non-hydrogen) atoms. The summed E-state index contributed by atoms with van der Waals surface area (Å²) in [6.45, 7) is 0. The predicted molar refractivity (Wildman–Crippen MR) is 106 cm³/mol. The monoisotopic (exact) mass is 387 g/mol. The molecule has 0 atom stereocenters. The Kier molecular flexibility index (Phi) is 6.48. The number of carbonyl (C=O) groups excluding carboxylic acids is 1. The highest BCUT2D eigenvalue weighted by molar-refractivity contribution is 6.15. The highest BCUT2D eigenvalue weighted by Gasteiger charge is 2.16. The number of methoxy groups -OCH3 is 1. The van der Waals surface area contributed by atoms with Crippen molar-refractivity contribution in [2.75, 3.05) is 7.11 Å². The second-order valence-corrected chi connectivity index (χ2v) is 5.80. The summed E-state index contributed by atoms with van der Waals surface area (Å²) in [5.41, 5.74) is 1.34. The third kappa shape index (κ3) is 5.37. The number of ether oxygens (including phenoxy) is 2. The fraction of sp³-hybridized carbons (Fsp3) is 0.0435. The Bertz CT molecular complexity index is 1050. The fourth-order valence-corrected chi connectivity index (χ4v) is 2.46. The van der Waals surface area contributed by atoms with E-state index in [1.54, 1.807) is 72.8 Å². The number of carbonyl (C=O) groups is 1. The lowest BCUT2D eigenvalue weighted by Crippen LogP contribution is -2.10. The van der Waals surface area contributed by atoms with E-state index in [0.717, 1.165) is 0 Å². The van der Waals surface area contributed by atoms with E-state index in [-0.39, 0.29) is 11.3 Å². The molecule has 0 aliphatic heterocycles. The Morgan fingerprint density at radius 2 is 1.59 bits per heavy atom. The van der Waals surface area contributed by atoms with E-state index in [1.807, 2.05) is 6.07 Å². The van der Waals surface area contributed by atoms with Crippen molar-refractivity contribution in [3.05, 3.63) is 96.3 Å². The zero-order chi connectivity index (χ0) is 20.5. The Morgan fingerprint density at radius 3 is 2.31 bits per heavy atom. The van der Waals surface area contributed by atoms with Gasteiger partial charge < -0.3 is 9.47 Å². The molecular formula is C23H17NO5. The average Bonchev–Trinajstić information content (AvgIpc) is 2.77. The molecule has 0 N–H and O–H groups in total. The van der Waals surface area contributed by atoms with Gasteiger partial charge in [-0.15, -0.1) is 0 Å². The summed E-state index contributed by atoms with van der Waals surface area (Å²) in [5.74, 6) is 0.542. The maximum Gasteiger partial charge on any atom is 0.389 e. The molecule has 144 valence electrons. The summed E-state index contributed by atoms with van der Waals surface area (Å²) in [7, 11) is 1.44. The summed E-state index contributed by atoms with van der Waals surface area (Å²) in [5, 5.41) is 8.97.